The number of piperidine rings is 1. The molecule has 3 aliphatic rings. The molecule has 2 atom stereocenters. The van der Waals surface area contributed by atoms with Crippen LogP contribution < -0.4 is 5.32 Å². The number of aliphatic hydroxyl groups is 1. The van der Waals surface area contributed by atoms with Crippen LogP contribution in [0.3, 0.4) is 0 Å². The van der Waals surface area contributed by atoms with E-state index in [1.165, 1.54) is 12.3 Å². The molecule has 182 valence electrons. The Morgan fingerprint density at radius 2 is 1.97 bits per heavy atom. The number of likely N-dealkylation sites (tertiary alicyclic amines) is 1. The first-order valence-corrected chi connectivity index (χ1v) is 12.2. The zero-order valence-electron chi connectivity index (χ0n) is 19.8. The molecule has 1 unspecified atom stereocenters. The molecule has 0 spiro atoms. The molecule has 2 fully saturated rings. The van der Waals surface area contributed by atoms with Gasteiger partial charge in [0.1, 0.15) is 11.5 Å². The Morgan fingerprint density at radius 3 is 2.68 bits per heavy atom. The van der Waals surface area contributed by atoms with Crippen molar-refractivity contribution in [2.24, 2.45) is 5.92 Å². The molecule has 5 rings (SSSR count). The Bertz CT molecular complexity index is 1090. The van der Waals surface area contributed by atoms with Crippen LogP contribution in [0, 0.1) is 17.6 Å². The molecule has 0 saturated carbocycles. The van der Waals surface area contributed by atoms with Gasteiger partial charge in [-0.2, -0.15) is 0 Å². The minimum Gasteiger partial charge on any atom is -0.390 e. The number of fused-ring (bicyclic) bond motifs is 1. The largest absolute Gasteiger partial charge is 0.390 e. The van der Waals surface area contributed by atoms with Crippen LogP contribution in [0.5, 0.6) is 0 Å². The van der Waals surface area contributed by atoms with Gasteiger partial charge < -0.3 is 15.3 Å². The van der Waals surface area contributed by atoms with Crippen LogP contribution in [0.1, 0.15) is 54.6 Å². The molecular formula is C26H32F2N4O2. The summed E-state index contributed by atoms with van der Waals surface area (Å²) in [6.07, 6.45) is 4.23. The SMILES string of the molecule is CC(C)(O)[C@@H]1CCN(Cc2ccnc(-c3ccc4c(c3F)CN(C3CCCNC3)C4=O)c2F)C1. The summed E-state index contributed by atoms with van der Waals surface area (Å²) in [5.41, 5.74) is 0.424. The van der Waals surface area contributed by atoms with E-state index in [1.807, 2.05) is 0 Å². The van der Waals surface area contributed by atoms with Crippen molar-refractivity contribution in [2.75, 3.05) is 26.2 Å². The second-order valence-electron chi connectivity index (χ2n) is 10.4. The van der Waals surface area contributed by atoms with Gasteiger partial charge in [-0.05, 0) is 64.4 Å². The number of carbonyl (C=O) groups is 1. The zero-order chi connectivity index (χ0) is 24.0. The molecule has 4 heterocycles. The van der Waals surface area contributed by atoms with Crippen LogP contribution in [0.4, 0.5) is 8.78 Å². The summed E-state index contributed by atoms with van der Waals surface area (Å²) < 4.78 is 31.2. The summed E-state index contributed by atoms with van der Waals surface area (Å²) in [7, 11) is 0. The smallest absolute Gasteiger partial charge is 0.254 e. The van der Waals surface area contributed by atoms with Crippen LogP contribution in [0.2, 0.25) is 0 Å². The number of pyridine rings is 1. The van der Waals surface area contributed by atoms with E-state index < -0.39 is 17.2 Å². The summed E-state index contributed by atoms with van der Waals surface area (Å²) in [5, 5.41) is 13.6. The molecule has 1 aromatic heterocycles. The summed E-state index contributed by atoms with van der Waals surface area (Å²) in [5.74, 6) is -1.13. The van der Waals surface area contributed by atoms with Gasteiger partial charge in [0.2, 0.25) is 0 Å². The molecule has 3 aliphatic heterocycles. The Morgan fingerprint density at radius 1 is 1.18 bits per heavy atom. The number of nitrogens with zero attached hydrogens (tertiary/aromatic N) is 3. The van der Waals surface area contributed by atoms with Crippen LogP contribution in [-0.2, 0) is 13.1 Å². The Balaban J connectivity index is 1.39. The van der Waals surface area contributed by atoms with E-state index in [0.29, 0.717) is 36.3 Å². The average Bonchev–Trinajstić information content (AvgIpc) is 3.42. The van der Waals surface area contributed by atoms with Gasteiger partial charge in [-0.1, -0.05) is 0 Å². The highest BCUT2D eigenvalue weighted by molar-refractivity contribution is 5.99. The van der Waals surface area contributed by atoms with Crippen LogP contribution in [-0.4, -0.2) is 63.6 Å². The first-order chi connectivity index (χ1) is 16.2. The van der Waals surface area contributed by atoms with E-state index in [0.717, 1.165) is 32.4 Å². The molecule has 2 saturated heterocycles. The van der Waals surface area contributed by atoms with Crippen LogP contribution >= 0.6 is 0 Å². The maximum absolute atomic E-state index is 15.6. The maximum Gasteiger partial charge on any atom is 0.254 e. The lowest BCUT2D eigenvalue weighted by Gasteiger charge is -2.31. The molecule has 8 heteroatoms. The molecule has 2 N–H and O–H groups in total. The number of rotatable bonds is 5. The minimum absolute atomic E-state index is 0.0266. The van der Waals surface area contributed by atoms with Crippen LogP contribution in [0.25, 0.3) is 11.3 Å². The molecule has 2 aromatic rings. The van der Waals surface area contributed by atoms with Crippen molar-refractivity contribution in [3.8, 4) is 11.3 Å². The predicted octanol–water partition coefficient (Wildman–Crippen LogP) is 3.33. The molecule has 0 bridgehead atoms. The minimum atomic E-state index is -0.775. The lowest BCUT2D eigenvalue weighted by molar-refractivity contribution is 0.0207. The average molecular weight is 471 g/mol. The fraction of sp³-hybridized carbons (Fsp3) is 0.538. The third-order valence-corrected chi connectivity index (χ3v) is 7.66. The Labute approximate surface area is 199 Å². The highest BCUT2D eigenvalue weighted by atomic mass is 19.1. The van der Waals surface area contributed by atoms with E-state index in [1.54, 1.807) is 30.9 Å². The number of hydrogen-bond acceptors (Lipinski definition) is 5. The molecular weight excluding hydrogens is 438 g/mol. The number of hydrogen-bond donors (Lipinski definition) is 2. The van der Waals surface area contributed by atoms with Gasteiger partial charge in [-0.15, -0.1) is 0 Å². The molecule has 1 amide bonds. The van der Waals surface area contributed by atoms with Crippen LogP contribution in [0.15, 0.2) is 24.4 Å². The lowest BCUT2D eigenvalue weighted by Crippen LogP contribution is -2.46. The Kier molecular flexibility index (Phi) is 6.16. The quantitative estimate of drug-likeness (QED) is 0.702. The van der Waals surface area contributed by atoms with Gasteiger partial charge in [-0.3, -0.25) is 14.7 Å². The van der Waals surface area contributed by atoms with E-state index in [4.69, 9.17) is 0 Å². The normalized spacial score (nSPS) is 23.6. The molecule has 34 heavy (non-hydrogen) atoms. The van der Waals surface area contributed by atoms with Gasteiger partial charge in [0.15, 0.2) is 5.82 Å². The van der Waals surface area contributed by atoms with Gasteiger partial charge in [-0.25, -0.2) is 8.78 Å². The van der Waals surface area contributed by atoms with Gasteiger partial charge in [0, 0.05) is 60.0 Å². The van der Waals surface area contributed by atoms with Gasteiger partial charge in [0.25, 0.3) is 5.91 Å². The van der Waals surface area contributed by atoms with E-state index in [-0.39, 0.29) is 35.7 Å². The fourth-order valence-corrected chi connectivity index (χ4v) is 5.54. The third kappa shape index (κ3) is 4.23. The highest BCUT2D eigenvalue weighted by Gasteiger charge is 2.37. The highest BCUT2D eigenvalue weighted by Crippen LogP contribution is 2.35. The summed E-state index contributed by atoms with van der Waals surface area (Å²) >= 11 is 0. The Hall–Kier alpha value is -2.42. The first kappa shape index (κ1) is 23.3. The van der Waals surface area contributed by atoms with Crippen molar-refractivity contribution < 1.29 is 18.7 Å². The van der Waals surface area contributed by atoms with E-state index in [9.17, 15) is 9.90 Å². The van der Waals surface area contributed by atoms with E-state index >= 15 is 8.78 Å². The van der Waals surface area contributed by atoms with Crippen molar-refractivity contribution in [1.82, 2.24) is 20.1 Å². The molecule has 1 aromatic carbocycles. The number of benzene rings is 1. The maximum atomic E-state index is 15.6. The van der Waals surface area contributed by atoms with Crippen molar-refractivity contribution >= 4 is 5.91 Å². The van der Waals surface area contributed by atoms with Gasteiger partial charge in [0.05, 0.1) is 12.1 Å². The summed E-state index contributed by atoms with van der Waals surface area (Å²) in [6, 6.07) is 4.75. The lowest BCUT2D eigenvalue weighted by atomic mass is 9.90. The molecule has 0 radical (unpaired) electrons. The van der Waals surface area contributed by atoms with E-state index in [2.05, 4.69) is 15.2 Å². The predicted molar refractivity (Wildman–Crippen MR) is 125 cm³/mol. The van der Waals surface area contributed by atoms with Crippen molar-refractivity contribution in [3.63, 3.8) is 0 Å². The number of halogens is 2. The van der Waals surface area contributed by atoms with Crippen molar-refractivity contribution in [1.29, 1.82) is 0 Å². The first-order valence-electron chi connectivity index (χ1n) is 12.2. The fourth-order valence-electron chi connectivity index (χ4n) is 5.54. The standard InChI is InChI=1S/C26H32F2N4O2/c1-26(2,34)17-8-11-31(14-17)13-16-7-10-30-24(22(16)27)20-6-5-19-21(23(20)28)15-32(25(19)33)18-4-3-9-29-12-18/h5-7,10,17-18,29,34H,3-4,8-9,11-15H2,1-2H3/t17-,18?/m1/s1. The molecule has 0 aliphatic carbocycles. The van der Waals surface area contributed by atoms with Gasteiger partial charge >= 0.3 is 0 Å². The third-order valence-electron chi connectivity index (χ3n) is 7.66. The summed E-state index contributed by atoms with van der Waals surface area (Å²) in [6.45, 7) is 7.28. The number of aromatic nitrogens is 1. The molecule has 6 nitrogen and oxygen atoms in total. The topological polar surface area (TPSA) is 68.7 Å². The van der Waals surface area contributed by atoms with Crippen molar-refractivity contribution in [3.05, 3.63) is 52.7 Å². The van der Waals surface area contributed by atoms with Crippen molar-refractivity contribution in [2.45, 2.75) is 57.8 Å². The second-order valence-corrected chi connectivity index (χ2v) is 10.4. The number of nitrogens with one attached hydrogen (secondary N) is 1. The summed E-state index contributed by atoms with van der Waals surface area (Å²) in [4.78, 5) is 20.9. The monoisotopic (exact) mass is 470 g/mol. The second kappa shape index (κ2) is 8.98. The zero-order valence-corrected chi connectivity index (χ0v) is 19.8. The number of carbonyl (C=O) groups excluding carboxylic acids is 1. The number of amides is 1.